The van der Waals surface area contributed by atoms with Gasteiger partial charge in [-0.15, -0.1) is 0 Å². The molecule has 0 fully saturated rings. The molecule has 0 saturated carbocycles. The zero-order valence-corrected chi connectivity index (χ0v) is 10.6. The lowest BCUT2D eigenvalue weighted by Crippen LogP contribution is -1.90. The third kappa shape index (κ3) is 2.94. The number of thiocarbonyl (C=S) groups is 1. The maximum atomic E-state index is 5.40. The maximum Gasteiger partial charge on any atom is 0.0825 e. The van der Waals surface area contributed by atoms with Crippen LogP contribution in [0.2, 0.25) is 0 Å². The molecule has 0 bridgehead atoms. The number of benzene rings is 2. The lowest BCUT2D eigenvalue weighted by atomic mass is 10.2. The molecule has 80 valence electrons. The number of aryl methyl sites for hydroxylation is 1. The van der Waals surface area contributed by atoms with E-state index in [0.29, 0.717) is 0 Å². The largest absolute Gasteiger partial charge is 0.0825 e. The van der Waals surface area contributed by atoms with Crippen LogP contribution in [0.3, 0.4) is 0 Å². The highest BCUT2D eigenvalue weighted by molar-refractivity contribution is 8.23. The minimum Gasteiger partial charge on any atom is -0.0777 e. The van der Waals surface area contributed by atoms with Crippen LogP contribution < -0.4 is 0 Å². The van der Waals surface area contributed by atoms with Crippen molar-refractivity contribution >= 4 is 28.2 Å². The lowest BCUT2D eigenvalue weighted by Gasteiger charge is -2.03. The molecule has 16 heavy (non-hydrogen) atoms. The van der Waals surface area contributed by atoms with E-state index < -0.39 is 0 Å². The summed E-state index contributed by atoms with van der Waals surface area (Å²) in [5.74, 6) is 0. The summed E-state index contributed by atoms with van der Waals surface area (Å²) in [6, 6.07) is 18.5. The summed E-state index contributed by atoms with van der Waals surface area (Å²) in [7, 11) is 0. The van der Waals surface area contributed by atoms with Crippen LogP contribution in [-0.4, -0.2) is 4.20 Å². The Labute approximate surface area is 106 Å². The Bertz CT molecular complexity index is 472. The summed E-state index contributed by atoms with van der Waals surface area (Å²) in [5, 5.41) is 0. The third-order valence-electron chi connectivity index (χ3n) is 2.24. The van der Waals surface area contributed by atoms with E-state index in [4.69, 9.17) is 12.2 Å². The lowest BCUT2D eigenvalue weighted by molar-refractivity contribution is 1.38. The highest BCUT2D eigenvalue weighted by Gasteiger charge is 2.02. The fourth-order valence-corrected chi connectivity index (χ4v) is 2.51. The molecular formula is C14H12S2. The van der Waals surface area contributed by atoms with Gasteiger partial charge in [0.2, 0.25) is 0 Å². The molecule has 2 heteroatoms. The van der Waals surface area contributed by atoms with E-state index in [-0.39, 0.29) is 0 Å². The van der Waals surface area contributed by atoms with Gasteiger partial charge in [0.1, 0.15) is 0 Å². The van der Waals surface area contributed by atoms with Gasteiger partial charge in [0, 0.05) is 4.90 Å². The number of rotatable bonds is 2. The second-order valence-corrected chi connectivity index (χ2v) is 5.32. The van der Waals surface area contributed by atoms with Gasteiger partial charge in [0.15, 0.2) is 0 Å². The molecule has 0 aliphatic carbocycles. The van der Waals surface area contributed by atoms with Crippen LogP contribution in [0.1, 0.15) is 11.1 Å². The van der Waals surface area contributed by atoms with Gasteiger partial charge >= 0.3 is 0 Å². The standard InChI is InChI=1S/C14H12S2/c1-11-7-9-13(10-8-11)16-14(15)12-5-3-2-4-6-12/h2-10H,1H3. The van der Waals surface area contributed by atoms with Crippen LogP contribution in [0.15, 0.2) is 59.5 Å². The molecule has 0 saturated heterocycles. The quantitative estimate of drug-likeness (QED) is 0.565. The summed E-state index contributed by atoms with van der Waals surface area (Å²) in [4.78, 5) is 1.19. The van der Waals surface area contributed by atoms with Crippen molar-refractivity contribution < 1.29 is 0 Å². The van der Waals surface area contributed by atoms with Crippen molar-refractivity contribution in [2.75, 3.05) is 0 Å². The zero-order valence-electron chi connectivity index (χ0n) is 9.01. The smallest absolute Gasteiger partial charge is 0.0777 e. The highest BCUT2D eigenvalue weighted by Crippen LogP contribution is 2.23. The molecule has 2 aromatic rings. The van der Waals surface area contributed by atoms with E-state index in [2.05, 4.69) is 31.2 Å². The van der Waals surface area contributed by atoms with E-state index >= 15 is 0 Å². The molecule has 0 heterocycles. The Morgan fingerprint density at radius 2 is 1.56 bits per heavy atom. The minimum atomic E-state index is 0.921. The van der Waals surface area contributed by atoms with Gasteiger partial charge in [-0.05, 0) is 24.6 Å². The first-order chi connectivity index (χ1) is 7.75. The van der Waals surface area contributed by atoms with Gasteiger partial charge in [-0.3, -0.25) is 0 Å². The van der Waals surface area contributed by atoms with Gasteiger partial charge in [-0.2, -0.15) is 0 Å². The normalized spacial score (nSPS) is 10.1. The predicted octanol–water partition coefficient (Wildman–Crippen LogP) is 4.46. The summed E-state index contributed by atoms with van der Waals surface area (Å²) in [5.41, 5.74) is 2.39. The van der Waals surface area contributed by atoms with E-state index in [1.165, 1.54) is 10.5 Å². The average Bonchev–Trinajstić information content (AvgIpc) is 2.33. The third-order valence-corrected chi connectivity index (χ3v) is 3.66. The Balaban J connectivity index is 2.11. The van der Waals surface area contributed by atoms with E-state index in [1.807, 2.05) is 30.3 Å². The first-order valence-corrected chi connectivity index (χ1v) is 6.32. The molecule has 2 rings (SSSR count). The molecule has 2 aromatic carbocycles. The van der Waals surface area contributed by atoms with Crippen molar-refractivity contribution in [2.24, 2.45) is 0 Å². The second-order valence-electron chi connectivity index (χ2n) is 3.57. The number of thioether (sulfide) groups is 1. The molecule has 0 spiro atoms. The Morgan fingerprint density at radius 3 is 2.19 bits per heavy atom. The SMILES string of the molecule is Cc1ccc(SC(=S)c2ccccc2)cc1. The Morgan fingerprint density at radius 1 is 0.938 bits per heavy atom. The van der Waals surface area contributed by atoms with Gasteiger partial charge < -0.3 is 0 Å². The van der Waals surface area contributed by atoms with Gasteiger partial charge in [0.05, 0.1) is 4.20 Å². The fourth-order valence-electron chi connectivity index (χ4n) is 1.35. The minimum absolute atomic E-state index is 0.921. The first kappa shape index (κ1) is 11.4. The van der Waals surface area contributed by atoms with Crippen molar-refractivity contribution in [3.8, 4) is 0 Å². The Hall–Kier alpha value is -1.12. The van der Waals surface area contributed by atoms with Crippen molar-refractivity contribution in [1.29, 1.82) is 0 Å². The van der Waals surface area contributed by atoms with Crippen molar-refractivity contribution in [3.05, 3.63) is 65.7 Å². The van der Waals surface area contributed by atoms with E-state index in [1.54, 1.807) is 11.8 Å². The van der Waals surface area contributed by atoms with Gasteiger partial charge in [-0.25, -0.2) is 0 Å². The molecule has 0 aliphatic rings. The molecule has 0 aliphatic heterocycles. The van der Waals surface area contributed by atoms with E-state index in [9.17, 15) is 0 Å². The van der Waals surface area contributed by atoms with Crippen LogP contribution in [0.25, 0.3) is 0 Å². The van der Waals surface area contributed by atoms with Gasteiger partial charge in [0.25, 0.3) is 0 Å². The van der Waals surface area contributed by atoms with Crippen LogP contribution >= 0.6 is 24.0 Å². The molecule has 0 nitrogen and oxygen atoms in total. The maximum absolute atomic E-state index is 5.40. The molecule has 0 radical (unpaired) electrons. The van der Waals surface area contributed by atoms with Crippen molar-refractivity contribution in [1.82, 2.24) is 0 Å². The zero-order chi connectivity index (χ0) is 11.4. The topological polar surface area (TPSA) is 0 Å². The van der Waals surface area contributed by atoms with Crippen LogP contribution in [0.4, 0.5) is 0 Å². The van der Waals surface area contributed by atoms with Crippen molar-refractivity contribution in [2.45, 2.75) is 11.8 Å². The summed E-state index contributed by atoms with van der Waals surface area (Å²) in [6.07, 6.45) is 0. The predicted molar refractivity (Wildman–Crippen MR) is 75.2 cm³/mol. The number of hydrogen-bond acceptors (Lipinski definition) is 2. The van der Waals surface area contributed by atoms with Crippen LogP contribution in [0, 0.1) is 6.92 Å². The Kier molecular flexibility index (Phi) is 3.75. The molecular weight excluding hydrogens is 232 g/mol. The number of hydrogen-bond donors (Lipinski definition) is 0. The molecule has 0 atom stereocenters. The molecule has 0 aromatic heterocycles. The molecule has 0 N–H and O–H groups in total. The van der Waals surface area contributed by atoms with Gasteiger partial charge in [-0.1, -0.05) is 72.0 Å². The summed E-state index contributed by atoms with van der Waals surface area (Å²) in [6.45, 7) is 2.09. The van der Waals surface area contributed by atoms with Crippen LogP contribution in [-0.2, 0) is 0 Å². The van der Waals surface area contributed by atoms with Crippen LogP contribution in [0.5, 0.6) is 0 Å². The van der Waals surface area contributed by atoms with E-state index in [0.717, 1.165) is 9.76 Å². The first-order valence-electron chi connectivity index (χ1n) is 5.09. The highest BCUT2D eigenvalue weighted by atomic mass is 32.2. The fraction of sp³-hybridized carbons (Fsp3) is 0.0714. The second kappa shape index (κ2) is 5.28. The molecule has 0 unspecified atom stereocenters. The average molecular weight is 244 g/mol. The van der Waals surface area contributed by atoms with Crippen molar-refractivity contribution in [3.63, 3.8) is 0 Å². The monoisotopic (exact) mass is 244 g/mol. The summed E-state index contributed by atoms with van der Waals surface area (Å²) < 4.78 is 0.921. The summed E-state index contributed by atoms with van der Waals surface area (Å²) >= 11 is 7.04. The molecule has 0 amide bonds.